The van der Waals surface area contributed by atoms with Crippen molar-refractivity contribution in [2.24, 2.45) is 16.7 Å². The second-order valence-corrected chi connectivity index (χ2v) is 12.4. The van der Waals surface area contributed by atoms with Crippen LogP contribution in [0.4, 0.5) is 0 Å². The van der Waals surface area contributed by atoms with E-state index in [9.17, 15) is 9.59 Å². The quantitative estimate of drug-likeness (QED) is 0.142. The van der Waals surface area contributed by atoms with Crippen LogP contribution in [0, 0.1) is 16.7 Å². The molecule has 1 unspecified atom stereocenters. The number of unbranched alkanes of at least 4 members (excludes halogenated alkanes) is 6. The summed E-state index contributed by atoms with van der Waals surface area (Å²) in [6.07, 6.45) is 13.1. The topological polar surface area (TPSA) is 91.8 Å². The largest absolute Gasteiger partial charge is 0.478 e. The molecule has 0 aliphatic carbocycles. The summed E-state index contributed by atoms with van der Waals surface area (Å²) in [6.45, 7) is 13.8. The zero-order chi connectivity index (χ0) is 28.5. The van der Waals surface area contributed by atoms with Crippen molar-refractivity contribution in [1.29, 1.82) is 0 Å². The lowest BCUT2D eigenvalue weighted by atomic mass is 9.72. The van der Waals surface area contributed by atoms with E-state index in [0.717, 1.165) is 56.8 Å². The number of hydrogen-bond donors (Lipinski definition) is 0. The monoisotopic (exact) mass is 539 g/mol. The van der Waals surface area contributed by atoms with Crippen LogP contribution < -0.4 is 10.4 Å². The van der Waals surface area contributed by atoms with Crippen LogP contribution in [-0.2, 0) is 9.53 Å². The molecule has 0 radical (unpaired) electrons. The third-order valence-corrected chi connectivity index (χ3v) is 7.37. The molecule has 39 heavy (non-hydrogen) atoms. The van der Waals surface area contributed by atoms with Gasteiger partial charge in [0, 0.05) is 23.2 Å². The fourth-order valence-corrected chi connectivity index (χ4v) is 4.68. The maximum Gasteiger partial charge on any atom is 0.344 e. The van der Waals surface area contributed by atoms with Gasteiger partial charge in [0.25, 0.3) is 0 Å². The molecular formula is C32H45NO6. The summed E-state index contributed by atoms with van der Waals surface area (Å²) in [6, 6.07) is 5.13. The minimum Gasteiger partial charge on any atom is -0.478 e. The zero-order valence-electron chi connectivity index (χ0n) is 24.5. The molecule has 1 atom stereocenters. The van der Waals surface area contributed by atoms with Gasteiger partial charge in [-0.15, -0.1) is 0 Å². The van der Waals surface area contributed by atoms with Crippen LogP contribution in [0.15, 0.2) is 50.6 Å². The van der Waals surface area contributed by atoms with Gasteiger partial charge < -0.3 is 18.3 Å². The van der Waals surface area contributed by atoms with Crippen molar-refractivity contribution in [3.05, 3.63) is 47.3 Å². The Kier molecular flexibility index (Phi) is 10.8. The SMILES string of the molecule is CC(CC(C)(C)C)C(C)(C)C(=O)OCCCCCCCCCOc1cc2oc(=O)c(-c3ccoc3)cc2cn1. The van der Waals surface area contributed by atoms with Crippen molar-refractivity contribution in [2.75, 3.05) is 13.2 Å². The number of carbonyl (C=O) groups excluding carboxylic acids is 1. The molecule has 0 aliphatic heterocycles. The summed E-state index contributed by atoms with van der Waals surface area (Å²) in [5.74, 6) is 0.640. The smallest absolute Gasteiger partial charge is 0.344 e. The van der Waals surface area contributed by atoms with Gasteiger partial charge in [-0.25, -0.2) is 9.78 Å². The summed E-state index contributed by atoms with van der Waals surface area (Å²) in [5.41, 5.74) is 0.880. The maximum atomic E-state index is 12.6. The number of fused-ring (bicyclic) bond motifs is 1. The van der Waals surface area contributed by atoms with Crippen LogP contribution in [0.3, 0.4) is 0 Å². The minimum absolute atomic E-state index is 0.0821. The summed E-state index contributed by atoms with van der Waals surface area (Å²) in [4.78, 5) is 29.3. The van der Waals surface area contributed by atoms with Crippen molar-refractivity contribution in [1.82, 2.24) is 4.98 Å². The van der Waals surface area contributed by atoms with Gasteiger partial charge in [-0.3, -0.25) is 4.79 Å². The van der Waals surface area contributed by atoms with E-state index in [4.69, 9.17) is 18.3 Å². The number of nitrogens with zero attached hydrogens (tertiary/aromatic N) is 1. The van der Waals surface area contributed by atoms with Crippen LogP contribution in [-0.4, -0.2) is 24.2 Å². The lowest BCUT2D eigenvalue weighted by molar-refractivity contribution is -0.157. The van der Waals surface area contributed by atoms with E-state index in [0.29, 0.717) is 35.8 Å². The molecule has 0 amide bonds. The fraction of sp³-hybridized carbons (Fsp3) is 0.594. The van der Waals surface area contributed by atoms with E-state index < -0.39 is 11.0 Å². The van der Waals surface area contributed by atoms with Crippen LogP contribution in [0.5, 0.6) is 5.88 Å². The standard InChI is InChI=1S/C32H45NO6/c1-23(20-31(2,3)4)32(5,6)30(35)38-16-13-11-9-7-8-10-12-15-37-28-19-27-25(21-33-28)18-26(29(34)39-27)24-14-17-36-22-24/h14,17-19,21-23H,7-13,15-16,20H2,1-6H3. The lowest BCUT2D eigenvalue weighted by Gasteiger charge is -2.34. The molecule has 0 saturated heterocycles. The van der Waals surface area contributed by atoms with Crippen LogP contribution in [0.25, 0.3) is 22.1 Å². The number of carbonyl (C=O) groups is 1. The normalized spacial score (nSPS) is 13.0. The first-order valence-corrected chi connectivity index (χ1v) is 14.2. The highest BCUT2D eigenvalue weighted by Gasteiger charge is 2.37. The van der Waals surface area contributed by atoms with Crippen molar-refractivity contribution in [3.8, 4) is 17.0 Å². The summed E-state index contributed by atoms with van der Waals surface area (Å²) >= 11 is 0. The number of hydrogen-bond acceptors (Lipinski definition) is 7. The molecule has 0 N–H and O–H groups in total. The Hall–Kier alpha value is -3.09. The molecule has 7 heteroatoms. The average Bonchev–Trinajstić information content (AvgIpc) is 3.40. The van der Waals surface area contributed by atoms with Crippen molar-refractivity contribution in [2.45, 2.75) is 92.9 Å². The second kappa shape index (κ2) is 13.8. The first-order valence-electron chi connectivity index (χ1n) is 14.2. The van der Waals surface area contributed by atoms with E-state index in [1.807, 2.05) is 13.8 Å². The van der Waals surface area contributed by atoms with Crippen molar-refractivity contribution < 1.29 is 23.1 Å². The summed E-state index contributed by atoms with van der Waals surface area (Å²) in [5, 5.41) is 0.728. The molecule has 0 aliphatic rings. The van der Waals surface area contributed by atoms with Gasteiger partial charge in [0.1, 0.15) is 5.58 Å². The third-order valence-electron chi connectivity index (χ3n) is 7.37. The van der Waals surface area contributed by atoms with Crippen molar-refractivity contribution in [3.63, 3.8) is 0 Å². The Morgan fingerprint density at radius 1 is 0.974 bits per heavy atom. The predicted octanol–water partition coefficient (Wildman–Crippen LogP) is 8.20. The number of rotatable bonds is 15. The molecule has 0 saturated carbocycles. The van der Waals surface area contributed by atoms with E-state index >= 15 is 0 Å². The Balaban J connectivity index is 1.26. The number of aromatic nitrogens is 1. The molecule has 7 nitrogen and oxygen atoms in total. The Morgan fingerprint density at radius 2 is 1.64 bits per heavy atom. The third kappa shape index (κ3) is 9.26. The minimum atomic E-state index is -0.463. The van der Waals surface area contributed by atoms with E-state index in [2.05, 4.69) is 32.7 Å². The summed E-state index contributed by atoms with van der Waals surface area (Å²) < 4.78 is 21.9. The number of pyridine rings is 1. The van der Waals surface area contributed by atoms with Gasteiger partial charge in [-0.2, -0.15) is 0 Å². The molecule has 0 fully saturated rings. The molecule has 0 spiro atoms. The number of furan rings is 1. The van der Waals surface area contributed by atoms with Crippen molar-refractivity contribution >= 4 is 16.9 Å². The number of esters is 1. The predicted molar refractivity (Wildman–Crippen MR) is 154 cm³/mol. The van der Waals surface area contributed by atoms with Gasteiger partial charge in [0.05, 0.1) is 36.7 Å². The molecule has 3 rings (SSSR count). The summed E-state index contributed by atoms with van der Waals surface area (Å²) in [7, 11) is 0. The van der Waals surface area contributed by atoms with Gasteiger partial charge in [-0.1, -0.05) is 59.8 Å². The van der Waals surface area contributed by atoms with E-state index in [1.165, 1.54) is 12.5 Å². The zero-order valence-corrected chi connectivity index (χ0v) is 24.5. The molecule has 0 bridgehead atoms. The van der Waals surface area contributed by atoms with Crippen LogP contribution in [0.2, 0.25) is 0 Å². The highest BCUT2D eigenvalue weighted by molar-refractivity contribution is 5.81. The van der Waals surface area contributed by atoms with E-state index in [1.54, 1.807) is 24.4 Å². The Morgan fingerprint density at radius 3 is 2.28 bits per heavy atom. The van der Waals surface area contributed by atoms with Gasteiger partial charge in [0.2, 0.25) is 5.88 Å². The maximum absolute atomic E-state index is 12.6. The molecule has 3 aromatic heterocycles. The average molecular weight is 540 g/mol. The van der Waals surface area contributed by atoms with Gasteiger partial charge >= 0.3 is 11.6 Å². The molecular weight excluding hydrogens is 494 g/mol. The van der Waals surface area contributed by atoms with Gasteiger partial charge in [0.15, 0.2) is 0 Å². The molecule has 3 aromatic rings. The Labute approximate surface area is 232 Å². The van der Waals surface area contributed by atoms with Crippen LogP contribution in [0.1, 0.15) is 92.9 Å². The lowest BCUT2D eigenvalue weighted by Crippen LogP contribution is -2.35. The van der Waals surface area contributed by atoms with Crippen LogP contribution >= 0.6 is 0 Å². The molecule has 3 heterocycles. The number of ether oxygens (including phenoxy) is 2. The Bertz CT molecular complexity index is 1240. The van der Waals surface area contributed by atoms with Gasteiger partial charge in [-0.05, 0) is 56.6 Å². The molecule has 0 aromatic carbocycles. The molecule has 214 valence electrons. The second-order valence-electron chi connectivity index (χ2n) is 12.4. The first-order chi connectivity index (χ1) is 18.5. The highest BCUT2D eigenvalue weighted by atomic mass is 16.5. The highest BCUT2D eigenvalue weighted by Crippen LogP contribution is 2.37. The van der Waals surface area contributed by atoms with E-state index in [-0.39, 0.29) is 17.3 Å². The first kappa shape index (κ1) is 30.5. The fourth-order valence-electron chi connectivity index (χ4n) is 4.68.